The summed E-state index contributed by atoms with van der Waals surface area (Å²) in [6.07, 6.45) is -3.12. The third-order valence-corrected chi connectivity index (χ3v) is 4.01. The van der Waals surface area contributed by atoms with Gasteiger partial charge in [-0.05, 0) is 35.2 Å². The summed E-state index contributed by atoms with van der Waals surface area (Å²) in [5, 5.41) is 9.39. The largest absolute Gasteiger partial charge is 0.416 e. The van der Waals surface area contributed by atoms with Crippen LogP contribution in [0.1, 0.15) is 21.5 Å². The van der Waals surface area contributed by atoms with Crippen LogP contribution < -0.4 is 11.0 Å². The predicted molar refractivity (Wildman–Crippen MR) is 88.0 cm³/mol. The number of alkyl halides is 3. The van der Waals surface area contributed by atoms with Crippen molar-refractivity contribution in [2.75, 3.05) is 0 Å². The molecule has 0 aliphatic rings. The van der Waals surface area contributed by atoms with E-state index in [0.717, 1.165) is 10.6 Å². The average molecular weight is 362 g/mol. The van der Waals surface area contributed by atoms with Crippen LogP contribution in [0.2, 0.25) is 0 Å². The van der Waals surface area contributed by atoms with Gasteiger partial charge < -0.3 is 4.57 Å². The number of nitrogens with zero attached hydrogens (tertiary/aromatic N) is 1. The number of aromatic nitrogens is 1. The fourth-order valence-electron chi connectivity index (χ4n) is 2.73. The summed E-state index contributed by atoms with van der Waals surface area (Å²) in [5.41, 5.74) is 0.155. The van der Waals surface area contributed by atoms with Crippen molar-refractivity contribution in [2.24, 2.45) is 0 Å². The Balaban J connectivity index is 2.09. The summed E-state index contributed by atoms with van der Waals surface area (Å²) in [7, 11) is 0. The fraction of sp³-hybridized carbons (Fsp3) is 0.111. The minimum absolute atomic E-state index is 0.0364. The van der Waals surface area contributed by atoms with Gasteiger partial charge in [0.1, 0.15) is 0 Å². The van der Waals surface area contributed by atoms with E-state index < -0.39 is 23.2 Å². The molecule has 0 fully saturated rings. The van der Waals surface area contributed by atoms with Crippen molar-refractivity contribution in [2.45, 2.75) is 12.7 Å². The number of nitrogens with one attached hydrogen (secondary N) is 1. The molecule has 2 N–H and O–H groups in total. The number of amides is 1. The van der Waals surface area contributed by atoms with Crippen LogP contribution in [-0.4, -0.2) is 15.7 Å². The van der Waals surface area contributed by atoms with Crippen molar-refractivity contribution in [3.05, 3.63) is 81.8 Å². The summed E-state index contributed by atoms with van der Waals surface area (Å²) >= 11 is 0. The number of hydrogen-bond donors (Lipinski definition) is 2. The van der Waals surface area contributed by atoms with Gasteiger partial charge in [-0.15, -0.1) is 0 Å². The Labute approximate surface area is 145 Å². The van der Waals surface area contributed by atoms with Gasteiger partial charge in [0.15, 0.2) is 0 Å². The molecule has 0 unspecified atom stereocenters. The van der Waals surface area contributed by atoms with Gasteiger partial charge in [-0.25, -0.2) is 5.48 Å². The highest BCUT2D eigenvalue weighted by atomic mass is 19.4. The zero-order chi connectivity index (χ0) is 18.9. The minimum Gasteiger partial charge on any atom is -0.311 e. The van der Waals surface area contributed by atoms with Gasteiger partial charge in [0.05, 0.1) is 12.1 Å². The van der Waals surface area contributed by atoms with Crippen LogP contribution >= 0.6 is 0 Å². The van der Waals surface area contributed by atoms with Crippen molar-refractivity contribution in [1.29, 1.82) is 0 Å². The van der Waals surface area contributed by atoms with Crippen molar-refractivity contribution in [1.82, 2.24) is 10.0 Å². The molecule has 5 nitrogen and oxygen atoms in total. The van der Waals surface area contributed by atoms with Gasteiger partial charge in [0.25, 0.3) is 11.5 Å². The first-order chi connectivity index (χ1) is 12.3. The van der Waals surface area contributed by atoms with Gasteiger partial charge in [-0.3, -0.25) is 14.8 Å². The molecule has 26 heavy (non-hydrogen) atoms. The first-order valence-corrected chi connectivity index (χ1v) is 7.54. The number of rotatable bonds is 3. The molecule has 0 atom stereocenters. The highest BCUT2D eigenvalue weighted by molar-refractivity contribution is 5.97. The third kappa shape index (κ3) is 3.31. The van der Waals surface area contributed by atoms with E-state index in [-0.39, 0.29) is 23.1 Å². The van der Waals surface area contributed by atoms with Gasteiger partial charge >= 0.3 is 6.18 Å². The van der Waals surface area contributed by atoms with Gasteiger partial charge in [-0.2, -0.15) is 13.2 Å². The highest BCUT2D eigenvalue weighted by Gasteiger charge is 2.32. The lowest BCUT2D eigenvalue weighted by Crippen LogP contribution is -2.23. The van der Waals surface area contributed by atoms with E-state index in [0.29, 0.717) is 5.39 Å². The Kier molecular flexibility index (Phi) is 4.52. The van der Waals surface area contributed by atoms with Crippen LogP contribution in [0.3, 0.4) is 0 Å². The fourth-order valence-corrected chi connectivity index (χ4v) is 2.73. The highest BCUT2D eigenvalue weighted by Crippen LogP contribution is 2.32. The monoisotopic (exact) mass is 362 g/mol. The van der Waals surface area contributed by atoms with Crippen LogP contribution in [0.4, 0.5) is 13.2 Å². The molecule has 3 rings (SSSR count). The Morgan fingerprint density at radius 3 is 2.54 bits per heavy atom. The lowest BCUT2D eigenvalue weighted by molar-refractivity contribution is -0.138. The van der Waals surface area contributed by atoms with E-state index in [4.69, 9.17) is 5.21 Å². The molecule has 0 saturated heterocycles. The number of carbonyl (C=O) groups excluding carboxylic acids is 1. The Morgan fingerprint density at radius 1 is 1.12 bits per heavy atom. The molecule has 0 bridgehead atoms. The van der Waals surface area contributed by atoms with Crippen LogP contribution in [0.15, 0.2) is 59.5 Å². The normalized spacial score (nSPS) is 11.5. The summed E-state index contributed by atoms with van der Waals surface area (Å²) in [5.74, 6) is -0.788. The van der Waals surface area contributed by atoms with E-state index in [1.165, 1.54) is 48.1 Å². The van der Waals surface area contributed by atoms with Gasteiger partial charge in [-0.1, -0.05) is 24.3 Å². The van der Waals surface area contributed by atoms with E-state index in [2.05, 4.69) is 0 Å². The van der Waals surface area contributed by atoms with Crippen molar-refractivity contribution in [3.8, 4) is 0 Å². The number of carbonyl (C=O) groups is 1. The maximum Gasteiger partial charge on any atom is 0.416 e. The molecule has 1 aromatic heterocycles. The molecule has 1 heterocycles. The summed E-state index contributed by atoms with van der Waals surface area (Å²) < 4.78 is 40.5. The van der Waals surface area contributed by atoms with Crippen LogP contribution in [-0.2, 0) is 12.7 Å². The standard InChI is InChI=1S/C18H13F3N2O3/c19-18(20,21)15-4-2-1-3-13(15)10-23-8-7-11-5-6-12(16(24)22-26)9-14(11)17(23)25/h1-9,26H,10H2,(H,22,24). The maximum absolute atomic E-state index is 13.1. The number of benzene rings is 2. The Hall–Kier alpha value is -3.13. The summed E-state index contributed by atoms with van der Waals surface area (Å²) in [4.78, 5) is 24.1. The topological polar surface area (TPSA) is 71.3 Å². The molecular weight excluding hydrogens is 349 g/mol. The average Bonchev–Trinajstić information content (AvgIpc) is 2.63. The van der Waals surface area contributed by atoms with E-state index in [9.17, 15) is 22.8 Å². The zero-order valence-corrected chi connectivity index (χ0v) is 13.2. The first-order valence-electron chi connectivity index (χ1n) is 7.54. The van der Waals surface area contributed by atoms with Crippen molar-refractivity contribution < 1.29 is 23.2 Å². The molecule has 0 radical (unpaired) electrons. The third-order valence-electron chi connectivity index (χ3n) is 4.01. The second kappa shape index (κ2) is 6.64. The number of hydroxylamine groups is 1. The molecule has 2 aromatic carbocycles. The van der Waals surface area contributed by atoms with Crippen molar-refractivity contribution in [3.63, 3.8) is 0 Å². The van der Waals surface area contributed by atoms with E-state index in [1.54, 1.807) is 6.07 Å². The van der Waals surface area contributed by atoms with Crippen LogP contribution in [0.5, 0.6) is 0 Å². The van der Waals surface area contributed by atoms with Crippen LogP contribution in [0, 0.1) is 0 Å². The van der Waals surface area contributed by atoms with Gasteiger partial charge in [0.2, 0.25) is 0 Å². The minimum atomic E-state index is -4.52. The van der Waals surface area contributed by atoms with Gasteiger partial charge in [0, 0.05) is 17.1 Å². The molecule has 0 aliphatic carbocycles. The second-order valence-electron chi connectivity index (χ2n) is 5.65. The number of halogens is 3. The van der Waals surface area contributed by atoms with E-state index in [1.807, 2.05) is 0 Å². The van der Waals surface area contributed by atoms with Crippen LogP contribution in [0.25, 0.3) is 10.8 Å². The smallest absolute Gasteiger partial charge is 0.311 e. The molecule has 134 valence electrons. The maximum atomic E-state index is 13.1. The Bertz CT molecular complexity index is 1040. The second-order valence-corrected chi connectivity index (χ2v) is 5.65. The molecule has 0 saturated carbocycles. The molecule has 0 aliphatic heterocycles. The number of hydrogen-bond acceptors (Lipinski definition) is 3. The van der Waals surface area contributed by atoms with E-state index >= 15 is 0 Å². The van der Waals surface area contributed by atoms with Crippen molar-refractivity contribution >= 4 is 16.7 Å². The molecule has 1 amide bonds. The summed E-state index contributed by atoms with van der Waals surface area (Å²) in [6.45, 7) is -0.263. The summed E-state index contributed by atoms with van der Waals surface area (Å²) in [6, 6.07) is 10.9. The molecule has 0 spiro atoms. The Morgan fingerprint density at radius 2 is 1.85 bits per heavy atom. The lowest BCUT2D eigenvalue weighted by atomic mass is 10.1. The number of fused-ring (bicyclic) bond motifs is 1. The molecule has 3 aromatic rings. The lowest BCUT2D eigenvalue weighted by Gasteiger charge is -2.14. The first kappa shape index (κ1) is 17.7. The zero-order valence-electron chi connectivity index (χ0n) is 13.2. The predicted octanol–water partition coefficient (Wildman–Crippen LogP) is 3.19. The SMILES string of the molecule is O=C(NO)c1ccc2ccn(Cc3ccccc3C(F)(F)F)c(=O)c2c1. The molecular formula is C18H13F3N2O3. The molecule has 8 heteroatoms. The quantitative estimate of drug-likeness (QED) is 0.555. The number of pyridine rings is 1.